The summed E-state index contributed by atoms with van der Waals surface area (Å²) in [5, 5.41) is 4.80. The van der Waals surface area contributed by atoms with E-state index in [0.717, 1.165) is 6.07 Å². The molecule has 2 heterocycles. The van der Waals surface area contributed by atoms with Crippen LogP contribution in [-0.4, -0.2) is 23.4 Å². The largest absolute Gasteiger partial charge is 0.318 e. The number of benzene rings is 2. The molecule has 28 heavy (non-hydrogen) atoms. The number of hydrogen-bond acceptors (Lipinski definition) is 4. The molecule has 0 aliphatic carbocycles. The maximum atomic E-state index is 13.6. The molecule has 2 aromatic rings. The van der Waals surface area contributed by atoms with E-state index in [9.17, 15) is 28.0 Å². The molecular weight excluding hydrogens is 506 g/mol. The van der Waals surface area contributed by atoms with Crippen LogP contribution in [0.25, 0.3) is 0 Å². The van der Waals surface area contributed by atoms with Gasteiger partial charge in [-0.2, -0.15) is 0 Å². The Morgan fingerprint density at radius 1 is 0.821 bits per heavy atom. The van der Waals surface area contributed by atoms with Gasteiger partial charge in [-0.25, -0.2) is 8.78 Å². The second-order valence-corrected chi connectivity index (χ2v) is 7.61. The van der Waals surface area contributed by atoms with Crippen molar-refractivity contribution in [2.75, 3.05) is 10.6 Å². The van der Waals surface area contributed by atoms with E-state index in [2.05, 4.69) is 42.5 Å². The number of carbonyl (C=O) groups is 4. The first-order chi connectivity index (χ1) is 13.0. The van der Waals surface area contributed by atoms with Crippen LogP contribution in [0.2, 0.25) is 0 Å². The standard InChI is InChI=1S/C9H4Br2FNO2.C9H6FNO2/c1-2-4(10)6(12)5(11)3-7(2)13-9(15)8(3)14;1-4-2-5(10)3-6-7(4)11-9(13)8(6)12/h1H3,(H,13,14,15);2-3H,1H3,(H,11,12,13). The SMILES string of the molecule is Cc1c(Br)c(F)c(Br)c2c1NC(=O)C2=O.Cc1cc(F)cc2c1NC(=O)C2=O. The van der Waals surface area contributed by atoms with Gasteiger partial charge in [0.2, 0.25) is 0 Å². The molecule has 4 rings (SSSR count). The van der Waals surface area contributed by atoms with Gasteiger partial charge in [0.25, 0.3) is 23.4 Å². The van der Waals surface area contributed by atoms with E-state index in [-0.39, 0.29) is 20.1 Å². The fourth-order valence-corrected chi connectivity index (χ4v) is 4.05. The Morgan fingerprint density at radius 2 is 1.39 bits per heavy atom. The van der Waals surface area contributed by atoms with Gasteiger partial charge in [-0.1, -0.05) is 0 Å². The van der Waals surface area contributed by atoms with Crippen molar-refractivity contribution in [2.24, 2.45) is 0 Å². The molecule has 0 bridgehead atoms. The first-order valence-corrected chi connectivity index (χ1v) is 9.31. The molecule has 2 aromatic carbocycles. The number of amides is 2. The Morgan fingerprint density at radius 3 is 2.04 bits per heavy atom. The predicted octanol–water partition coefficient (Wildman–Crippen LogP) is 4.06. The minimum atomic E-state index is -0.730. The molecule has 0 aromatic heterocycles. The maximum Gasteiger partial charge on any atom is 0.296 e. The molecule has 0 saturated carbocycles. The van der Waals surface area contributed by atoms with Crippen molar-refractivity contribution in [1.82, 2.24) is 0 Å². The van der Waals surface area contributed by atoms with Gasteiger partial charge in [-0.05, 0) is 69.0 Å². The summed E-state index contributed by atoms with van der Waals surface area (Å²) in [5.41, 5.74) is 2.06. The topological polar surface area (TPSA) is 92.3 Å². The third-order valence-corrected chi connectivity index (χ3v) is 5.91. The first kappa shape index (κ1) is 20.3. The summed E-state index contributed by atoms with van der Waals surface area (Å²) in [6.45, 7) is 3.26. The number of nitrogens with one attached hydrogen (secondary N) is 2. The molecular formula is C18H10Br2F2N2O4. The number of halogens is 4. The van der Waals surface area contributed by atoms with Crippen molar-refractivity contribution in [3.8, 4) is 0 Å². The number of rotatable bonds is 0. The molecule has 0 atom stereocenters. The van der Waals surface area contributed by atoms with E-state index in [4.69, 9.17) is 0 Å². The fraction of sp³-hybridized carbons (Fsp3) is 0.111. The van der Waals surface area contributed by atoms with E-state index in [1.54, 1.807) is 13.8 Å². The highest BCUT2D eigenvalue weighted by Crippen LogP contribution is 2.40. The molecule has 0 unspecified atom stereocenters. The third kappa shape index (κ3) is 3.16. The van der Waals surface area contributed by atoms with Crippen LogP contribution in [0, 0.1) is 25.5 Å². The Kier molecular flexibility index (Phi) is 5.20. The lowest BCUT2D eigenvalue weighted by Gasteiger charge is -2.08. The highest BCUT2D eigenvalue weighted by molar-refractivity contribution is 9.11. The molecule has 0 saturated heterocycles. The quantitative estimate of drug-likeness (QED) is 0.409. The minimum absolute atomic E-state index is 0.0123. The summed E-state index contributed by atoms with van der Waals surface area (Å²) in [7, 11) is 0. The molecule has 2 aliphatic rings. The lowest BCUT2D eigenvalue weighted by atomic mass is 10.1. The first-order valence-electron chi connectivity index (χ1n) is 7.73. The Hall–Kier alpha value is -2.46. The lowest BCUT2D eigenvalue weighted by Crippen LogP contribution is -2.12. The second kappa shape index (κ2) is 7.17. The van der Waals surface area contributed by atoms with Crippen LogP contribution in [0.15, 0.2) is 21.1 Å². The van der Waals surface area contributed by atoms with Crippen LogP contribution in [0.3, 0.4) is 0 Å². The van der Waals surface area contributed by atoms with Gasteiger partial charge in [-0.15, -0.1) is 0 Å². The number of aryl methyl sites for hydroxylation is 1. The monoisotopic (exact) mass is 514 g/mol. The van der Waals surface area contributed by atoms with E-state index in [0.29, 0.717) is 22.5 Å². The number of fused-ring (bicyclic) bond motifs is 2. The minimum Gasteiger partial charge on any atom is -0.318 e. The van der Waals surface area contributed by atoms with Gasteiger partial charge in [-0.3, -0.25) is 19.2 Å². The highest BCUT2D eigenvalue weighted by atomic mass is 79.9. The number of anilines is 2. The smallest absolute Gasteiger partial charge is 0.296 e. The molecule has 6 nitrogen and oxygen atoms in total. The van der Waals surface area contributed by atoms with Crippen LogP contribution in [0.5, 0.6) is 0 Å². The van der Waals surface area contributed by atoms with E-state index >= 15 is 0 Å². The Labute approximate surface area is 173 Å². The molecule has 2 aliphatic heterocycles. The zero-order chi connectivity index (χ0) is 20.9. The normalized spacial score (nSPS) is 14.2. The molecule has 10 heteroatoms. The average Bonchev–Trinajstić information content (AvgIpc) is 3.10. The van der Waals surface area contributed by atoms with Gasteiger partial charge in [0, 0.05) is 0 Å². The van der Waals surface area contributed by atoms with Gasteiger partial charge in [0.05, 0.1) is 31.4 Å². The Bertz CT molecular complexity index is 1120. The van der Waals surface area contributed by atoms with Crippen LogP contribution < -0.4 is 10.6 Å². The average molecular weight is 516 g/mol. The van der Waals surface area contributed by atoms with Crippen molar-refractivity contribution in [3.63, 3.8) is 0 Å². The van der Waals surface area contributed by atoms with Crippen molar-refractivity contribution >= 4 is 66.6 Å². The molecule has 2 amide bonds. The summed E-state index contributed by atoms with van der Waals surface area (Å²) < 4.78 is 26.6. The predicted molar refractivity (Wildman–Crippen MR) is 104 cm³/mol. The van der Waals surface area contributed by atoms with Crippen molar-refractivity contribution < 1.29 is 28.0 Å². The number of ketones is 2. The van der Waals surface area contributed by atoms with E-state index in [1.165, 1.54) is 6.07 Å². The van der Waals surface area contributed by atoms with E-state index < -0.39 is 35.0 Å². The van der Waals surface area contributed by atoms with Crippen molar-refractivity contribution in [1.29, 1.82) is 0 Å². The van der Waals surface area contributed by atoms with Gasteiger partial charge in [0.1, 0.15) is 5.82 Å². The summed E-state index contributed by atoms with van der Waals surface area (Å²) in [6, 6.07) is 2.35. The van der Waals surface area contributed by atoms with Crippen LogP contribution in [-0.2, 0) is 9.59 Å². The third-order valence-electron chi connectivity index (χ3n) is 4.22. The summed E-state index contributed by atoms with van der Waals surface area (Å²) in [6.07, 6.45) is 0. The summed E-state index contributed by atoms with van der Waals surface area (Å²) in [4.78, 5) is 44.6. The molecule has 2 N–H and O–H groups in total. The van der Waals surface area contributed by atoms with Crippen LogP contribution >= 0.6 is 31.9 Å². The second-order valence-electron chi connectivity index (χ2n) is 6.03. The zero-order valence-corrected chi connectivity index (χ0v) is 17.5. The van der Waals surface area contributed by atoms with Gasteiger partial charge in [0.15, 0.2) is 5.82 Å². The van der Waals surface area contributed by atoms with Crippen LogP contribution in [0.1, 0.15) is 31.8 Å². The number of hydrogen-bond donors (Lipinski definition) is 2. The molecule has 0 fully saturated rings. The lowest BCUT2D eigenvalue weighted by molar-refractivity contribution is -0.112. The molecule has 0 spiro atoms. The zero-order valence-electron chi connectivity index (χ0n) is 14.3. The molecule has 0 radical (unpaired) electrons. The Balaban J connectivity index is 0.000000162. The van der Waals surface area contributed by atoms with Crippen molar-refractivity contribution in [2.45, 2.75) is 13.8 Å². The van der Waals surface area contributed by atoms with Gasteiger partial charge < -0.3 is 10.6 Å². The number of carbonyl (C=O) groups excluding carboxylic acids is 4. The summed E-state index contributed by atoms with van der Waals surface area (Å²) in [5.74, 6) is -3.88. The van der Waals surface area contributed by atoms with Gasteiger partial charge >= 0.3 is 0 Å². The molecule has 144 valence electrons. The highest BCUT2D eigenvalue weighted by Gasteiger charge is 2.34. The summed E-state index contributed by atoms with van der Waals surface area (Å²) >= 11 is 6.02. The fourth-order valence-electron chi connectivity index (χ4n) is 2.81. The van der Waals surface area contributed by atoms with Crippen molar-refractivity contribution in [3.05, 3.63) is 55.0 Å². The number of Topliss-reactive ketones (excluding diaryl/α,β-unsaturated/α-hetero) is 2. The van der Waals surface area contributed by atoms with E-state index in [1.807, 2.05) is 0 Å². The van der Waals surface area contributed by atoms with Crippen LogP contribution in [0.4, 0.5) is 20.2 Å². The maximum absolute atomic E-state index is 13.6.